The molecule has 7 heteroatoms. The summed E-state index contributed by atoms with van der Waals surface area (Å²) in [4.78, 5) is 12.9. The minimum atomic E-state index is -3.87. The molecule has 0 saturated carbocycles. The maximum absolute atomic E-state index is 13.3. The van der Waals surface area contributed by atoms with Gasteiger partial charge in [0.15, 0.2) is 20.8 Å². The summed E-state index contributed by atoms with van der Waals surface area (Å²) >= 11 is 6.12. The zero-order valence-electron chi connectivity index (χ0n) is 14.3. The summed E-state index contributed by atoms with van der Waals surface area (Å²) in [6.45, 7) is 3.63. The highest BCUT2D eigenvalue weighted by atomic mass is 35.5. The summed E-state index contributed by atoms with van der Waals surface area (Å²) in [7, 11) is -3.87. The average molecular weight is 392 g/mol. The van der Waals surface area contributed by atoms with Crippen molar-refractivity contribution >= 4 is 27.3 Å². The largest absolute Gasteiger partial charge is 0.468 e. The van der Waals surface area contributed by atoms with Crippen molar-refractivity contribution in [3.05, 3.63) is 58.6 Å². The van der Waals surface area contributed by atoms with Gasteiger partial charge in [-0.25, -0.2) is 8.42 Å². The van der Waals surface area contributed by atoms with Crippen LogP contribution >= 0.6 is 11.6 Å². The highest BCUT2D eigenvalue weighted by Crippen LogP contribution is 2.47. The zero-order valence-corrected chi connectivity index (χ0v) is 15.9. The molecule has 0 aliphatic carbocycles. The predicted octanol–water partition coefficient (Wildman–Crippen LogP) is 3.20. The summed E-state index contributed by atoms with van der Waals surface area (Å²) in [5.41, 5.74) is 0.681. The Bertz CT molecular complexity index is 1000. The number of benzene rings is 2. The van der Waals surface area contributed by atoms with Gasteiger partial charge in [0.1, 0.15) is 5.75 Å². The zero-order chi connectivity index (χ0) is 18.7. The first-order valence-corrected chi connectivity index (χ1v) is 10.2. The van der Waals surface area contributed by atoms with Crippen LogP contribution in [0, 0.1) is 6.92 Å². The Morgan fingerprint density at radius 1 is 1.19 bits per heavy atom. The lowest BCUT2D eigenvalue weighted by Gasteiger charge is -2.46. The fourth-order valence-electron chi connectivity index (χ4n) is 3.81. The lowest BCUT2D eigenvalue weighted by atomic mass is 9.81. The van der Waals surface area contributed by atoms with E-state index in [-0.39, 0.29) is 4.90 Å². The van der Waals surface area contributed by atoms with Crippen LogP contribution in [0.2, 0.25) is 5.02 Å². The molecule has 2 aromatic rings. The fourth-order valence-corrected chi connectivity index (χ4v) is 5.81. The van der Waals surface area contributed by atoms with Crippen LogP contribution in [0.1, 0.15) is 30.4 Å². The number of hydrogen-bond acceptors (Lipinski definition) is 4. The fraction of sp³-hybridized carbons (Fsp3) is 0.316. The number of rotatable bonds is 2. The number of carbonyl (C=O) groups is 1. The third-order valence-corrected chi connectivity index (χ3v) is 7.39. The molecule has 0 unspecified atom stereocenters. The molecule has 26 heavy (non-hydrogen) atoms. The third kappa shape index (κ3) is 2.68. The van der Waals surface area contributed by atoms with Gasteiger partial charge in [-0.3, -0.25) is 4.79 Å². The van der Waals surface area contributed by atoms with Crippen LogP contribution in [-0.4, -0.2) is 25.3 Å². The number of piperidine rings is 1. The Kier molecular flexibility index (Phi) is 3.82. The molecule has 2 bridgehead atoms. The Balaban J connectivity index is 1.86. The first-order chi connectivity index (χ1) is 12.2. The smallest absolute Gasteiger partial charge is 0.242 e. The summed E-state index contributed by atoms with van der Waals surface area (Å²) in [5.74, 6) is -0.519. The molecule has 1 N–H and O–H groups in total. The van der Waals surface area contributed by atoms with Gasteiger partial charge in [-0.05, 0) is 44.2 Å². The van der Waals surface area contributed by atoms with E-state index in [0.717, 1.165) is 5.56 Å². The van der Waals surface area contributed by atoms with E-state index in [1.807, 2.05) is 6.92 Å². The van der Waals surface area contributed by atoms with Crippen molar-refractivity contribution in [3.8, 4) is 5.75 Å². The Morgan fingerprint density at radius 2 is 1.88 bits per heavy atom. The Morgan fingerprint density at radius 3 is 2.58 bits per heavy atom. The van der Waals surface area contributed by atoms with Crippen molar-refractivity contribution in [2.24, 2.45) is 0 Å². The molecule has 1 fully saturated rings. The minimum absolute atomic E-state index is 0.141. The number of fused-ring (bicyclic) bond motifs is 4. The van der Waals surface area contributed by atoms with Gasteiger partial charge < -0.3 is 10.1 Å². The van der Waals surface area contributed by atoms with Crippen molar-refractivity contribution in [2.45, 2.75) is 42.1 Å². The summed E-state index contributed by atoms with van der Waals surface area (Å²) in [6.07, 6.45) is 0.363. The maximum Gasteiger partial charge on any atom is 0.242 e. The molecule has 2 aliphatic rings. The van der Waals surface area contributed by atoms with E-state index in [9.17, 15) is 13.2 Å². The van der Waals surface area contributed by atoms with E-state index in [4.69, 9.17) is 16.3 Å². The SMILES string of the molecule is Cc1ccc(S(=O)(=O)[C@H]2C(=O)N[C@]3(C)C[C@@H]2c2cc(Cl)ccc2O3)cc1. The van der Waals surface area contributed by atoms with Crippen LogP contribution in [0.25, 0.3) is 0 Å². The molecule has 136 valence electrons. The second-order valence-corrected chi connectivity index (χ2v) is 9.60. The number of hydrogen-bond donors (Lipinski definition) is 1. The molecule has 0 radical (unpaired) electrons. The van der Waals surface area contributed by atoms with Gasteiger partial charge in [-0.2, -0.15) is 0 Å². The lowest BCUT2D eigenvalue weighted by Crippen LogP contribution is -2.63. The van der Waals surface area contributed by atoms with Crippen molar-refractivity contribution in [2.75, 3.05) is 0 Å². The topological polar surface area (TPSA) is 72.5 Å². The van der Waals surface area contributed by atoms with Gasteiger partial charge in [0.25, 0.3) is 0 Å². The molecule has 5 nitrogen and oxygen atoms in total. The van der Waals surface area contributed by atoms with Crippen LogP contribution in [-0.2, 0) is 14.6 Å². The third-order valence-electron chi connectivity index (χ3n) is 5.01. The summed E-state index contributed by atoms with van der Waals surface area (Å²) in [6, 6.07) is 11.6. The first-order valence-electron chi connectivity index (χ1n) is 8.31. The highest BCUT2D eigenvalue weighted by molar-refractivity contribution is 7.92. The van der Waals surface area contributed by atoms with Crippen LogP contribution in [0.3, 0.4) is 0 Å². The number of ether oxygens (including phenoxy) is 1. The van der Waals surface area contributed by atoms with Crippen LogP contribution in [0.15, 0.2) is 47.4 Å². The number of aryl methyl sites for hydroxylation is 1. The summed E-state index contributed by atoms with van der Waals surface area (Å²) in [5, 5.41) is 2.00. The minimum Gasteiger partial charge on any atom is -0.468 e. The van der Waals surface area contributed by atoms with E-state index in [0.29, 0.717) is 22.8 Å². The van der Waals surface area contributed by atoms with Gasteiger partial charge in [-0.15, -0.1) is 0 Å². The molecule has 1 saturated heterocycles. The van der Waals surface area contributed by atoms with E-state index in [2.05, 4.69) is 5.32 Å². The number of sulfone groups is 1. The van der Waals surface area contributed by atoms with Crippen LogP contribution in [0.4, 0.5) is 0 Å². The first kappa shape index (κ1) is 17.4. The van der Waals surface area contributed by atoms with Crippen molar-refractivity contribution < 1.29 is 17.9 Å². The van der Waals surface area contributed by atoms with E-state index >= 15 is 0 Å². The number of halogens is 1. The number of nitrogens with one attached hydrogen (secondary N) is 1. The van der Waals surface area contributed by atoms with Gasteiger partial charge in [0.2, 0.25) is 5.91 Å². The number of carbonyl (C=O) groups excluding carboxylic acids is 1. The van der Waals surface area contributed by atoms with Crippen molar-refractivity contribution in [1.82, 2.24) is 5.32 Å². The molecule has 0 spiro atoms. The monoisotopic (exact) mass is 391 g/mol. The van der Waals surface area contributed by atoms with Crippen molar-refractivity contribution in [3.63, 3.8) is 0 Å². The molecular weight excluding hydrogens is 374 g/mol. The van der Waals surface area contributed by atoms with Gasteiger partial charge in [0.05, 0.1) is 4.90 Å². The van der Waals surface area contributed by atoms with Crippen LogP contribution in [0.5, 0.6) is 5.75 Å². The Hall–Kier alpha value is -2.05. The predicted molar refractivity (Wildman–Crippen MR) is 98.1 cm³/mol. The average Bonchev–Trinajstić information content (AvgIpc) is 2.55. The second-order valence-electron chi connectivity index (χ2n) is 7.09. The van der Waals surface area contributed by atoms with Gasteiger partial charge >= 0.3 is 0 Å². The molecular formula is C19H18ClNO4S. The molecule has 1 amide bonds. The van der Waals surface area contributed by atoms with E-state index in [1.54, 1.807) is 49.4 Å². The Labute approximate surface area is 157 Å². The standard InChI is InChI=1S/C19H18ClNO4S/c1-11-3-6-13(7-4-11)26(23,24)17-15-10-19(2,21-18(17)22)25-16-8-5-12(20)9-14(15)16/h3-9,15,17H,10H2,1-2H3,(H,21,22)/t15-,17-,19+/m1/s1. The van der Waals surface area contributed by atoms with Gasteiger partial charge in [-0.1, -0.05) is 29.3 Å². The van der Waals surface area contributed by atoms with E-state index in [1.165, 1.54) is 0 Å². The molecule has 4 rings (SSSR count). The van der Waals surface area contributed by atoms with E-state index < -0.39 is 32.6 Å². The lowest BCUT2D eigenvalue weighted by molar-refractivity contribution is -0.132. The maximum atomic E-state index is 13.3. The van der Waals surface area contributed by atoms with Gasteiger partial charge in [0, 0.05) is 22.9 Å². The van der Waals surface area contributed by atoms with Crippen LogP contribution < -0.4 is 10.1 Å². The molecule has 0 aromatic heterocycles. The molecule has 2 heterocycles. The second kappa shape index (κ2) is 5.72. The molecule has 3 atom stereocenters. The number of amides is 1. The highest BCUT2D eigenvalue weighted by Gasteiger charge is 2.54. The van der Waals surface area contributed by atoms with Crippen molar-refractivity contribution in [1.29, 1.82) is 0 Å². The quantitative estimate of drug-likeness (QED) is 0.853. The molecule has 2 aromatic carbocycles. The molecule has 2 aliphatic heterocycles. The summed E-state index contributed by atoms with van der Waals surface area (Å²) < 4.78 is 32.5. The normalized spacial score (nSPS) is 27.3.